The van der Waals surface area contributed by atoms with E-state index in [0.29, 0.717) is 22.6 Å². The van der Waals surface area contributed by atoms with Crippen molar-refractivity contribution >= 4 is 0 Å². The van der Waals surface area contributed by atoms with Crippen LogP contribution in [0.25, 0.3) is 0 Å². The third kappa shape index (κ3) is 3.80. The third-order valence-electron chi connectivity index (χ3n) is 5.92. The Kier molecular flexibility index (Phi) is 5.93. The molecule has 0 aromatic heterocycles. The lowest BCUT2D eigenvalue weighted by molar-refractivity contribution is -0.605. The van der Waals surface area contributed by atoms with Gasteiger partial charge in [-0.05, 0) is 49.2 Å². The Morgan fingerprint density at radius 1 is 0.767 bits per heavy atom. The fraction of sp³-hybridized carbons (Fsp3) is 0.429. The van der Waals surface area contributed by atoms with Gasteiger partial charge in [0.25, 0.3) is 0 Å². The average Bonchev–Trinajstić information content (AvgIpc) is 2.71. The van der Waals surface area contributed by atoms with Gasteiger partial charge in [-0.15, -0.1) is 0 Å². The minimum Gasteiger partial charge on any atom is -0.497 e. The molecular formula is C21H25N3O6. The molecule has 0 radical (unpaired) electrons. The van der Waals surface area contributed by atoms with Crippen molar-refractivity contribution in [3.63, 3.8) is 0 Å². The maximum absolute atomic E-state index is 12.1. The first-order valence-corrected chi connectivity index (χ1v) is 9.51. The molecule has 1 fully saturated rings. The molecular weight excluding hydrogens is 390 g/mol. The van der Waals surface area contributed by atoms with E-state index in [9.17, 15) is 20.2 Å². The van der Waals surface area contributed by atoms with Crippen molar-refractivity contribution in [1.82, 2.24) is 5.32 Å². The van der Waals surface area contributed by atoms with Crippen molar-refractivity contribution in [3.05, 3.63) is 79.9 Å². The molecule has 0 saturated carbocycles. The van der Waals surface area contributed by atoms with Crippen molar-refractivity contribution in [2.75, 3.05) is 14.2 Å². The lowest BCUT2D eigenvalue weighted by Gasteiger charge is -2.44. The molecule has 0 amide bonds. The number of nitrogens with one attached hydrogen (secondary N) is 1. The van der Waals surface area contributed by atoms with Crippen LogP contribution < -0.4 is 14.8 Å². The van der Waals surface area contributed by atoms with Crippen LogP contribution in [0, 0.1) is 25.6 Å². The highest BCUT2D eigenvalue weighted by Crippen LogP contribution is 2.47. The second-order valence-corrected chi connectivity index (χ2v) is 7.95. The Hall–Kier alpha value is -3.20. The van der Waals surface area contributed by atoms with E-state index in [2.05, 4.69) is 5.32 Å². The predicted octanol–water partition coefficient (Wildman–Crippen LogP) is 3.41. The highest BCUT2D eigenvalue weighted by molar-refractivity contribution is 5.34. The summed E-state index contributed by atoms with van der Waals surface area (Å²) in [7, 11) is 3.08. The van der Waals surface area contributed by atoms with Gasteiger partial charge in [-0.3, -0.25) is 25.5 Å². The molecule has 160 valence electrons. The van der Waals surface area contributed by atoms with Gasteiger partial charge in [0.15, 0.2) is 0 Å². The molecule has 4 atom stereocenters. The van der Waals surface area contributed by atoms with Gasteiger partial charge in [-0.2, -0.15) is 0 Å². The van der Waals surface area contributed by atoms with Crippen molar-refractivity contribution in [1.29, 1.82) is 0 Å². The highest BCUT2D eigenvalue weighted by Gasteiger charge is 2.62. The Morgan fingerprint density at radius 3 is 1.37 bits per heavy atom. The van der Waals surface area contributed by atoms with E-state index in [0.717, 1.165) is 0 Å². The number of nitrogens with zero attached hydrogens (tertiary/aromatic N) is 2. The molecule has 1 heterocycles. The van der Waals surface area contributed by atoms with Crippen molar-refractivity contribution in [2.45, 2.75) is 38.0 Å². The molecule has 3 rings (SSSR count). The summed E-state index contributed by atoms with van der Waals surface area (Å²) in [5.74, 6) is 1.25. The van der Waals surface area contributed by atoms with Gasteiger partial charge in [-0.25, -0.2) is 0 Å². The number of piperidine rings is 1. The van der Waals surface area contributed by atoms with Crippen LogP contribution in [0.4, 0.5) is 0 Å². The number of ether oxygens (including phenoxy) is 2. The molecule has 0 aliphatic carbocycles. The van der Waals surface area contributed by atoms with Gasteiger partial charge in [0.1, 0.15) is 29.0 Å². The number of nitro groups is 2. The zero-order valence-corrected chi connectivity index (χ0v) is 17.3. The van der Waals surface area contributed by atoms with Gasteiger partial charge in [0.2, 0.25) is 12.1 Å². The summed E-state index contributed by atoms with van der Waals surface area (Å²) >= 11 is 0. The molecule has 0 bridgehead atoms. The van der Waals surface area contributed by atoms with E-state index in [1.807, 2.05) is 0 Å². The van der Waals surface area contributed by atoms with E-state index in [-0.39, 0.29) is 0 Å². The Balaban J connectivity index is 2.11. The van der Waals surface area contributed by atoms with Crippen molar-refractivity contribution in [3.8, 4) is 11.5 Å². The minimum absolute atomic E-state index is 0.414. The molecule has 30 heavy (non-hydrogen) atoms. The van der Waals surface area contributed by atoms with E-state index in [1.54, 1.807) is 62.4 Å². The number of methoxy groups -OCH3 is 2. The van der Waals surface area contributed by atoms with Crippen molar-refractivity contribution < 1.29 is 19.3 Å². The maximum Gasteiger partial charge on any atom is 0.243 e. The Bertz CT molecular complexity index is 840. The molecule has 9 nitrogen and oxygen atoms in total. The average molecular weight is 415 g/mol. The molecule has 0 unspecified atom stereocenters. The summed E-state index contributed by atoms with van der Waals surface area (Å²) in [6.07, 6.45) is 0. The van der Waals surface area contributed by atoms with Crippen LogP contribution >= 0.6 is 0 Å². The smallest absolute Gasteiger partial charge is 0.243 e. The molecule has 1 N–H and O–H groups in total. The monoisotopic (exact) mass is 415 g/mol. The second-order valence-electron chi connectivity index (χ2n) is 7.95. The van der Waals surface area contributed by atoms with E-state index in [4.69, 9.17) is 9.47 Å². The summed E-state index contributed by atoms with van der Waals surface area (Å²) in [5, 5.41) is 27.4. The summed E-state index contributed by atoms with van der Waals surface area (Å²) in [4.78, 5) is 23.3. The SMILES string of the molecule is COc1ccc([C@H]2N[C@H](c3ccc(OC)cc3)[C@H]([N+](=O)[O-])C(C)(C)[C@H]2[N+](=O)[O-])cc1. The first kappa shape index (κ1) is 21.5. The largest absolute Gasteiger partial charge is 0.497 e. The van der Waals surface area contributed by atoms with Crippen LogP contribution in [0.15, 0.2) is 48.5 Å². The molecule has 1 aliphatic rings. The number of rotatable bonds is 6. The van der Waals surface area contributed by atoms with E-state index >= 15 is 0 Å². The lowest BCUT2D eigenvalue weighted by Crippen LogP contribution is -2.63. The topological polar surface area (TPSA) is 117 Å². The van der Waals surface area contributed by atoms with Crippen LogP contribution in [0.1, 0.15) is 37.1 Å². The van der Waals surface area contributed by atoms with Crippen LogP contribution in [0.3, 0.4) is 0 Å². The molecule has 1 aliphatic heterocycles. The predicted molar refractivity (Wildman–Crippen MR) is 110 cm³/mol. The maximum atomic E-state index is 12.1. The summed E-state index contributed by atoms with van der Waals surface area (Å²) in [5.41, 5.74) is 0.115. The standard InChI is InChI=1S/C21H25N3O6/c1-21(2)19(23(25)26)17(13-5-9-15(29-3)10-6-13)22-18(20(21)24(27)28)14-7-11-16(30-4)12-8-14/h5-12,17-20,22H,1-4H3/t17-,18-,19+,20+/m1/s1. The first-order valence-electron chi connectivity index (χ1n) is 9.51. The fourth-order valence-corrected chi connectivity index (χ4v) is 4.38. The fourth-order valence-electron chi connectivity index (χ4n) is 4.38. The highest BCUT2D eigenvalue weighted by atomic mass is 16.6. The normalized spacial score (nSPS) is 25.3. The van der Waals surface area contributed by atoms with Crippen LogP contribution in [0.2, 0.25) is 0 Å². The van der Waals surface area contributed by atoms with Crippen LogP contribution in [-0.2, 0) is 0 Å². The van der Waals surface area contributed by atoms with Crippen LogP contribution in [-0.4, -0.2) is 36.1 Å². The third-order valence-corrected chi connectivity index (χ3v) is 5.92. The summed E-state index contributed by atoms with van der Waals surface area (Å²) < 4.78 is 10.4. The summed E-state index contributed by atoms with van der Waals surface area (Å²) in [6, 6.07) is 10.1. The number of hydrogen-bond donors (Lipinski definition) is 1. The first-order chi connectivity index (χ1) is 14.2. The summed E-state index contributed by atoms with van der Waals surface area (Å²) in [6.45, 7) is 3.20. The van der Waals surface area contributed by atoms with Gasteiger partial charge >= 0.3 is 0 Å². The molecule has 2 aromatic carbocycles. The molecule has 9 heteroatoms. The van der Waals surface area contributed by atoms with Gasteiger partial charge in [0.05, 0.1) is 14.2 Å². The van der Waals surface area contributed by atoms with Gasteiger partial charge in [0, 0.05) is 9.85 Å². The van der Waals surface area contributed by atoms with E-state index in [1.165, 1.54) is 14.2 Å². The molecule has 0 spiro atoms. The van der Waals surface area contributed by atoms with Gasteiger partial charge < -0.3 is 9.47 Å². The Morgan fingerprint density at radius 2 is 1.10 bits per heavy atom. The Labute approximate surface area is 174 Å². The second kappa shape index (κ2) is 8.27. The number of hydrogen-bond acceptors (Lipinski definition) is 7. The zero-order valence-electron chi connectivity index (χ0n) is 17.3. The van der Waals surface area contributed by atoms with Gasteiger partial charge in [-0.1, -0.05) is 24.3 Å². The lowest BCUT2D eigenvalue weighted by atomic mass is 9.66. The van der Waals surface area contributed by atoms with Crippen LogP contribution in [0.5, 0.6) is 11.5 Å². The minimum atomic E-state index is -1.23. The molecule has 2 aromatic rings. The number of benzene rings is 2. The van der Waals surface area contributed by atoms with E-state index < -0.39 is 39.4 Å². The molecule has 1 saturated heterocycles. The van der Waals surface area contributed by atoms with Crippen molar-refractivity contribution in [2.24, 2.45) is 5.41 Å². The zero-order chi connectivity index (χ0) is 22.1. The quantitative estimate of drug-likeness (QED) is 0.567.